The molecule has 0 fully saturated rings. The Hall–Kier alpha value is -2.36. The van der Waals surface area contributed by atoms with Gasteiger partial charge in [-0.3, -0.25) is 0 Å². The highest BCUT2D eigenvalue weighted by Crippen LogP contribution is 2.20. The Morgan fingerprint density at radius 2 is 1.88 bits per heavy atom. The summed E-state index contributed by atoms with van der Waals surface area (Å²) >= 11 is 0. The van der Waals surface area contributed by atoms with Gasteiger partial charge < -0.3 is 11.5 Å². The molecule has 0 saturated carbocycles. The molecule has 4 nitrogen and oxygen atoms in total. The number of nitrogens with zero attached hydrogens (tertiary/aromatic N) is 2. The predicted octanol–water partition coefficient (Wildman–Crippen LogP) is 1.76. The van der Waals surface area contributed by atoms with E-state index in [9.17, 15) is 0 Å². The Bertz CT molecular complexity index is 595. The summed E-state index contributed by atoms with van der Waals surface area (Å²) in [7, 11) is 0. The normalized spacial score (nSPS) is 10.9. The maximum atomic E-state index is 5.22. The number of benzene rings is 2. The van der Waals surface area contributed by atoms with Gasteiger partial charge in [0.2, 0.25) is 5.96 Å². The van der Waals surface area contributed by atoms with E-state index in [4.69, 9.17) is 11.5 Å². The molecule has 86 valence electrons. The van der Waals surface area contributed by atoms with Crippen molar-refractivity contribution >= 4 is 22.9 Å². The molecule has 17 heavy (non-hydrogen) atoms. The molecule has 2 aromatic rings. The molecule has 0 heterocycles. The molecule has 0 saturated heterocycles. The van der Waals surface area contributed by atoms with Gasteiger partial charge in [-0.2, -0.15) is 5.10 Å². The molecule has 0 aromatic heterocycles. The quantitative estimate of drug-likeness (QED) is 0.465. The van der Waals surface area contributed by atoms with Gasteiger partial charge >= 0.3 is 0 Å². The van der Waals surface area contributed by atoms with Gasteiger partial charge in [-0.05, 0) is 23.3 Å². The summed E-state index contributed by atoms with van der Waals surface area (Å²) in [6.45, 7) is 2.03. The van der Waals surface area contributed by atoms with Crippen LogP contribution in [0.15, 0.2) is 46.6 Å². The number of fused-ring (bicyclic) bond motifs is 1. The van der Waals surface area contributed by atoms with Gasteiger partial charge in [0, 0.05) is 5.56 Å². The van der Waals surface area contributed by atoms with Gasteiger partial charge in [0.05, 0.1) is 6.21 Å². The number of rotatable bonds is 2. The number of nitrogens with two attached hydrogens (primary N) is 2. The summed E-state index contributed by atoms with van der Waals surface area (Å²) in [5, 5.41) is 9.79. The van der Waals surface area contributed by atoms with Crippen molar-refractivity contribution in [2.45, 2.75) is 6.92 Å². The van der Waals surface area contributed by atoms with Gasteiger partial charge in [-0.25, -0.2) is 0 Å². The SMILES string of the molecule is Cc1ccc2ccccc2c1/C=N/N=C(N)N. The average molecular weight is 226 g/mol. The minimum Gasteiger partial charge on any atom is -0.369 e. The molecule has 0 spiro atoms. The van der Waals surface area contributed by atoms with Crippen molar-refractivity contribution in [1.29, 1.82) is 0 Å². The van der Waals surface area contributed by atoms with Gasteiger partial charge in [-0.15, -0.1) is 5.10 Å². The van der Waals surface area contributed by atoms with Crippen LogP contribution in [0.5, 0.6) is 0 Å². The van der Waals surface area contributed by atoms with E-state index in [1.165, 1.54) is 5.39 Å². The van der Waals surface area contributed by atoms with Crippen molar-refractivity contribution in [3.05, 3.63) is 47.5 Å². The van der Waals surface area contributed by atoms with Crippen LogP contribution >= 0.6 is 0 Å². The zero-order valence-electron chi connectivity index (χ0n) is 9.59. The van der Waals surface area contributed by atoms with Crippen molar-refractivity contribution in [3.63, 3.8) is 0 Å². The summed E-state index contributed by atoms with van der Waals surface area (Å²) < 4.78 is 0. The first-order valence-corrected chi connectivity index (χ1v) is 5.29. The highest BCUT2D eigenvalue weighted by atomic mass is 15.3. The zero-order valence-corrected chi connectivity index (χ0v) is 9.59. The van der Waals surface area contributed by atoms with E-state index >= 15 is 0 Å². The van der Waals surface area contributed by atoms with E-state index in [2.05, 4.69) is 34.5 Å². The van der Waals surface area contributed by atoms with Crippen molar-refractivity contribution < 1.29 is 0 Å². The fourth-order valence-corrected chi connectivity index (χ4v) is 1.73. The topological polar surface area (TPSA) is 76.8 Å². The van der Waals surface area contributed by atoms with Gasteiger partial charge in [0.15, 0.2) is 0 Å². The smallest absolute Gasteiger partial charge is 0.211 e. The van der Waals surface area contributed by atoms with Crippen LogP contribution in [0.2, 0.25) is 0 Å². The molecule has 0 amide bonds. The Balaban J connectivity index is 2.55. The second-order valence-corrected chi connectivity index (χ2v) is 3.79. The van der Waals surface area contributed by atoms with E-state index in [0.717, 1.165) is 16.5 Å². The highest BCUT2D eigenvalue weighted by Gasteiger charge is 2.01. The summed E-state index contributed by atoms with van der Waals surface area (Å²) in [5.41, 5.74) is 12.6. The number of hydrogen-bond acceptors (Lipinski definition) is 2. The Labute approximate surface area is 99.6 Å². The number of guanidine groups is 1. The monoisotopic (exact) mass is 226 g/mol. The third-order valence-corrected chi connectivity index (χ3v) is 2.55. The highest BCUT2D eigenvalue weighted by molar-refractivity contribution is 6.01. The molecule has 4 N–H and O–H groups in total. The second-order valence-electron chi connectivity index (χ2n) is 3.79. The summed E-state index contributed by atoms with van der Waals surface area (Å²) in [6.07, 6.45) is 1.68. The Morgan fingerprint density at radius 3 is 2.65 bits per heavy atom. The molecule has 4 heteroatoms. The lowest BCUT2D eigenvalue weighted by atomic mass is 10.0. The van der Waals surface area contributed by atoms with Crippen molar-refractivity contribution in [3.8, 4) is 0 Å². The summed E-state index contributed by atoms with van der Waals surface area (Å²) in [5.74, 6) is -0.0425. The standard InChI is InChI=1S/C13H14N4/c1-9-6-7-10-4-2-3-5-11(10)12(9)8-16-17-13(14)15/h2-8H,1H3,(H4,14,15,17)/b16-8+. The van der Waals surface area contributed by atoms with Crippen LogP contribution in [-0.4, -0.2) is 12.2 Å². The van der Waals surface area contributed by atoms with Crippen LogP contribution in [0.4, 0.5) is 0 Å². The third-order valence-electron chi connectivity index (χ3n) is 2.55. The van der Waals surface area contributed by atoms with Gasteiger partial charge in [-0.1, -0.05) is 36.4 Å². The minimum atomic E-state index is -0.0425. The summed E-state index contributed by atoms with van der Waals surface area (Å²) in [6, 6.07) is 12.3. The van der Waals surface area contributed by atoms with Crippen molar-refractivity contribution in [2.75, 3.05) is 0 Å². The van der Waals surface area contributed by atoms with E-state index in [1.54, 1.807) is 6.21 Å². The molecule has 0 bridgehead atoms. The van der Waals surface area contributed by atoms with Crippen molar-refractivity contribution in [1.82, 2.24) is 0 Å². The second kappa shape index (κ2) is 4.65. The number of hydrogen-bond donors (Lipinski definition) is 2. The lowest BCUT2D eigenvalue weighted by Gasteiger charge is -2.04. The Kier molecular flexibility index (Phi) is 3.05. The first kappa shape index (κ1) is 11.1. The predicted molar refractivity (Wildman–Crippen MR) is 72.1 cm³/mol. The van der Waals surface area contributed by atoms with E-state index in [0.29, 0.717) is 0 Å². The van der Waals surface area contributed by atoms with Crippen LogP contribution < -0.4 is 11.5 Å². The van der Waals surface area contributed by atoms with Crippen molar-refractivity contribution in [2.24, 2.45) is 21.7 Å². The van der Waals surface area contributed by atoms with Crippen LogP contribution in [0.25, 0.3) is 10.8 Å². The molecule has 0 radical (unpaired) electrons. The van der Waals surface area contributed by atoms with E-state index < -0.39 is 0 Å². The molecule has 0 aliphatic rings. The van der Waals surface area contributed by atoms with Crippen LogP contribution in [-0.2, 0) is 0 Å². The molecular formula is C13H14N4. The average Bonchev–Trinajstić information content (AvgIpc) is 2.32. The molecular weight excluding hydrogens is 212 g/mol. The Morgan fingerprint density at radius 1 is 1.12 bits per heavy atom. The largest absolute Gasteiger partial charge is 0.369 e. The zero-order chi connectivity index (χ0) is 12.3. The van der Waals surface area contributed by atoms with E-state index in [-0.39, 0.29) is 5.96 Å². The lowest BCUT2D eigenvalue weighted by Crippen LogP contribution is -2.21. The fraction of sp³-hybridized carbons (Fsp3) is 0.0769. The molecule has 0 unspecified atom stereocenters. The number of aryl methyl sites for hydroxylation is 1. The first-order valence-electron chi connectivity index (χ1n) is 5.29. The van der Waals surface area contributed by atoms with Crippen LogP contribution in [0.3, 0.4) is 0 Å². The molecule has 0 aliphatic heterocycles. The molecule has 2 aromatic carbocycles. The van der Waals surface area contributed by atoms with Crippen LogP contribution in [0.1, 0.15) is 11.1 Å². The van der Waals surface area contributed by atoms with E-state index in [1.807, 2.05) is 19.1 Å². The third kappa shape index (κ3) is 2.42. The summed E-state index contributed by atoms with van der Waals surface area (Å²) in [4.78, 5) is 0. The lowest BCUT2D eigenvalue weighted by molar-refractivity contribution is 1.21. The maximum Gasteiger partial charge on any atom is 0.211 e. The van der Waals surface area contributed by atoms with Gasteiger partial charge in [0.25, 0.3) is 0 Å². The molecule has 0 aliphatic carbocycles. The molecule has 0 atom stereocenters. The van der Waals surface area contributed by atoms with Gasteiger partial charge in [0.1, 0.15) is 0 Å². The molecule has 2 rings (SSSR count). The maximum absolute atomic E-state index is 5.22. The fourth-order valence-electron chi connectivity index (χ4n) is 1.73. The first-order chi connectivity index (χ1) is 8.18. The minimum absolute atomic E-state index is 0.0425. The van der Waals surface area contributed by atoms with Crippen LogP contribution in [0, 0.1) is 6.92 Å².